The van der Waals surface area contributed by atoms with E-state index in [1.54, 1.807) is 0 Å². The topological polar surface area (TPSA) is 64.9 Å². The first kappa shape index (κ1) is 12.6. The van der Waals surface area contributed by atoms with Gasteiger partial charge in [0.2, 0.25) is 5.89 Å². The Labute approximate surface area is 103 Å². The van der Waals surface area contributed by atoms with Crippen molar-refractivity contribution >= 4 is 0 Å². The SMILES string of the molecule is CCC(N)c1noc(Cc2c(F)cccc2F)n1. The van der Waals surface area contributed by atoms with Gasteiger partial charge in [-0.2, -0.15) is 4.98 Å². The van der Waals surface area contributed by atoms with Crippen LogP contribution in [0.4, 0.5) is 8.78 Å². The number of aromatic nitrogens is 2. The van der Waals surface area contributed by atoms with Crippen LogP contribution in [0.5, 0.6) is 0 Å². The van der Waals surface area contributed by atoms with Gasteiger partial charge in [0, 0.05) is 5.56 Å². The van der Waals surface area contributed by atoms with Crippen molar-refractivity contribution in [2.24, 2.45) is 5.73 Å². The van der Waals surface area contributed by atoms with Crippen LogP contribution in [-0.4, -0.2) is 10.1 Å². The smallest absolute Gasteiger partial charge is 0.231 e. The fourth-order valence-electron chi connectivity index (χ4n) is 1.53. The average Bonchev–Trinajstić information content (AvgIpc) is 2.81. The fraction of sp³-hybridized carbons (Fsp3) is 0.333. The van der Waals surface area contributed by atoms with E-state index in [9.17, 15) is 8.78 Å². The molecule has 2 rings (SSSR count). The molecule has 0 aliphatic rings. The zero-order valence-electron chi connectivity index (χ0n) is 9.86. The molecular formula is C12H13F2N3O. The van der Waals surface area contributed by atoms with Crippen molar-refractivity contribution in [1.82, 2.24) is 10.1 Å². The number of nitrogens with two attached hydrogens (primary N) is 1. The summed E-state index contributed by atoms with van der Waals surface area (Å²) in [7, 11) is 0. The Hall–Kier alpha value is -1.82. The predicted octanol–water partition coefficient (Wildman–Crippen LogP) is 2.35. The van der Waals surface area contributed by atoms with Gasteiger partial charge in [0.15, 0.2) is 5.82 Å². The van der Waals surface area contributed by atoms with Crippen molar-refractivity contribution in [3.05, 3.63) is 47.1 Å². The second-order valence-electron chi connectivity index (χ2n) is 3.94. The second-order valence-corrected chi connectivity index (χ2v) is 3.94. The number of rotatable bonds is 4. The van der Waals surface area contributed by atoms with E-state index in [1.165, 1.54) is 18.2 Å². The van der Waals surface area contributed by atoms with Crippen LogP contribution in [0.2, 0.25) is 0 Å². The molecule has 4 nitrogen and oxygen atoms in total. The zero-order valence-corrected chi connectivity index (χ0v) is 9.86. The van der Waals surface area contributed by atoms with Crippen molar-refractivity contribution in [3.63, 3.8) is 0 Å². The van der Waals surface area contributed by atoms with Gasteiger partial charge in [-0.15, -0.1) is 0 Å². The predicted molar refractivity (Wildman–Crippen MR) is 60.7 cm³/mol. The van der Waals surface area contributed by atoms with E-state index in [0.29, 0.717) is 12.2 Å². The van der Waals surface area contributed by atoms with Crippen molar-refractivity contribution in [2.45, 2.75) is 25.8 Å². The molecule has 6 heteroatoms. The lowest BCUT2D eigenvalue weighted by atomic mass is 10.1. The molecule has 0 bridgehead atoms. The summed E-state index contributed by atoms with van der Waals surface area (Å²) in [5, 5.41) is 3.69. The normalized spacial score (nSPS) is 12.7. The maximum atomic E-state index is 13.4. The van der Waals surface area contributed by atoms with E-state index in [1.807, 2.05) is 6.92 Å². The van der Waals surface area contributed by atoms with E-state index in [-0.39, 0.29) is 23.9 Å². The molecule has 0 amide bonds. The van der Waals surface area contributed by atoms with Gasteiger partial charge in [0.25, 0.3) is 0 Å². The lowest BCUT2D eigenvalue weighted by Gasteiger charge is -2.01. The third kappa shape index (κ3) is 2.53. The van der Waals surface area contributed by atoms with E-state index in [4.69, 9.17) is 10.3 Å². The minimum atomic E-state index is -0.630. The molecule has 1 unspecified atom stereocenters. The van der Waals surface area contributed by atoms with Crippen molar-refractivity contribution in [2.75, 3.05) is 0 Å². The molecule has 0 saturated carbocycles. The zero-order chi connectivity index (χ0) is 13.1. The summed E-state index contributed by atoms with van der Waals surface area (Å²) >= 11 is 0. The number of benzene rings is 1. The van der Waals surface area contributed by atoms with Crippen molar-refractivity contribution in [1.29, 1.82) is 0 Å². The monoisotopic (exact) mass is 253 g/mol. The lowest BCUT2D eigenvalue weighted by molar-refractivity contribution is 0.372. The van der Waals surface area contributed by atoms with Crippen LogP contribution in [0.1, 0.15) is 36.7 Å². The summed E-state index contributed by atoms with van der Waals surface area (Å²) < 4.78 is 31.8. The van der Waals surface area contributed by atoms with Crippen LogP contribution in [0, 0.1) is 11.6 Å². The molecule has 0 saturated heterocycles. The molecule has 0 aliphatic carbocycles. The molecule has 0 aliphatic heterocycles. The Kier molecular flexibility index (Phi) is 3.66. The third-order valence-corrected chi connectivity index (χ3v) is 2.64. The number of hydrogen-bond donors (Lipinski definition) is 1. The van der Waals surface area contributed by atoms with Crippen LogP contribution >= 0.6 is 0 Å². The van der Waals surface area contributed by atoms with Crippen molar-refractivity contribution < 1.29 is 13.3 Å². The van der Waals surface area contributed by atoms with Crippen LogP contribution in [0.3, 0.4) is 0 Å². The highest BCUT2D eigenvalue weighted by Crippen LogP contribution is 2.17. The molecule has 96 valence electrons. The van der Waals surface area contributed by atoms with Gasteiger partial charge >= 0.3 is 0 Å². The second kappa shape index (κ2) is 5.22. The van der Waals surface area contributed by atoms with Gasteiger partial charge in [-0.25, -0.2) is 8.78 Å². The van der Waals surface area contributed by atoms with Gasteiger partial charge in [-0.05, 0) is 18.6 Å². The van der Waals surface area contributed by atoms with Gasteiger partial charge in [0.05, 0.1) is 12.5 Å². The van der Waals surface area contributed by atoms with Crippen LogP contribution in [0.15, 0.2) is 22.7 Å². The Morgan fingerprint density at radius 2 is 2.00 bits per heavy atom. The summed E-state index contributed by atoms with van der Waals surface area (Å²) in [6.07, 6.45) is 0.578. The minimum absolute atomic E-state index is 0.0814. The Morgan fingerprint density at radius 3 is 2.61 bits per heavy atom. The molecule has 1 aromatic heterocycles. The number of hydrogen-bond acceptors (Lipinski definition) is 4. The summed E-state index contributed by atoms with van der Waals surface area (Å²) in [5.41, 5.74) is 5.64. The Balaban J connectivity index is 2.21. The summed E-state index contributed by atoms with van der Waals surface area (Å²) in [4.78, 5) is 4.02. The Bertz CT molecular complexity index is 522. The van der Waals surface area contributed by atoms with E-state index < -0.39 is 11.6 Å². The third-order valence-electron chi connectivity index (χ3n) is 2.64. The summed E-state index contributed by atoms with van der Waals surface area (Å²) in [6, 6.07) is 3.36. The Morgan fingerprint density at radius 1 is 1.33 bits per heavy atom. The van der Waals surface area contributed by atoms with Crippen LogP contribution < -0.4 is 5.73 Å². The fourth-order valence-corrected chi connectivity index (χ4v) is 1.53. The maximum absolute atomic E-state index is 13.4. The maximum Gasteiger partial charge on any atom is 0.231 e. The largest absolute Gasteiger partial charge is 0.339 e. The first-order valence-corrected chi connectivity index (χ1v) is 5.62. The first-order chi connectivity index (χ1) is 8.61. The van der Waals surface area contributed by atoms with E-state index >= 15 is 0 Å². The highest BCUT2D eigenvalue weighted by Gasteiger charge is 2.16. The molecule has 2 N–H and O–H groups in total. The number of halogens is 2. The van der Waals surface area contributed by atoms with E-state index in [2.05, 4.69) is 10.1 Å². The highest BCUT2D eigenvalue weighted by atomic mass is 19.1. The van der Waals surface area contributed by atoms with Gasteiger partial charge in [0.1, 0.15) is 11.6 Å². The number of nitrogens with zero attached hydrogens (tertiary/aromatic N) is 2. The molecular weight excluding hydrogens is 240 g/mol. The minimum Gasteiger partial charge on any atom is -0.339 e. The highest BCUT2D eigenvalue weighted by molar-refractivity contribution is 5.22. The quantitative estimate of drug-likeness (QED) is 0.908. The van der Waals surface area contributed by atoms with Gasteiger partial charge in [-0.1, -0.05) is 18.1 Å². The molecule has 0 spiro atoms. The van der Waals surface area contributed by atoms with Gasteiger partial charge < -0.3 is 10.3 Å². The van der Waals surface area contributed by atoms with Gasteiger partial charge in [-0.3, -0.25) is 0 Å². The molecule has 18 heavy (non-hydrogen) atoms. The molecule has 1 atom stereocenters. The van der Waals surface area contributed by atoms with E-state index in [0.717, 1.165) is 0 Å². The van der Waals surface area contributed by atoms with Crippen LogP contribution in [0.25, 0.3) is 0 Å². The standard InChI is InChI=1S/C12H13F2N3O/c1-2-10(15)12-16-11(18-17-12)6-7-8(13)4-3-5-9(7)14/h3-5,10H,2,6,15H2,1H3. The molecule has 0 radical (unpaired) electrons. The first-order valence-electron chi connectivity index (χ1n) is 5.62. The van der Waals surface area contributed by atoms with Crippen LogP contribution in [-0.2, 0) is 6.42 Å². The lowest BCUT2D eigenvalue weighted by Crippen LogP contribution is -2.10. The summed E-state index contributed by atoms with van der Waals surface area (Å²) in [6.45, 7) is 1.89. The molecule has 0 fully saturated rings. The summed E-state index contributed by atoms with van der Waals surface area (Å²) in [5.74, 6) is -0.758. The molecule has 1 heterocycles. The average molecular weight is 253 g/mol. The molecule has 1 aromatic carbocycles. The molecule has 2 aromatic rings. The van der Waals surface area contributed by atoms with Crippen molar-refractivity contribution in [3.8, 4) is 0 Å².